The maximum absolute atomic E-state index is 11.1. The van der Waals surface area contributed by atoms with Crippen molar-refractivity contribution >= 4 is 11.9 Å². The molecular formula is C8H13NO3. The van der Waals surface area contributed by atoms with Gasteiger partial charge in [0.15, 0.2) is 12.4 Å². The number of Topliss-reactive ketones (excluding diaryl/α,β-unsaturated/α-hetero) is 1. The molecular weight excluding hydrogens is 158 g/mol. The summed E-state index contributed by atoms with van der Waals surface area (Å²) in [5, 5.41) is 0. The van der Waals surface area contributed by atoms with E-state index in [1.54, 1.807) is 4.90 Å². The molecule has 1 rings (SSSR count). The molecule has 0 saturated carbocycles. The molecule has 1 aliphatic rings. The lowest BCUT2D eigenvalue weighted by molar-refractivity contribution is -0.120. The number of amides is 1. The van der Waals surface area contributed by atoms with Crippen molar-refractivity contribution in [2.75, 3.05) is 19.7 Å². The van der Waals surface area contributed by atoms with Crippen LogP contribution in [0.15, 0.2) is 0 Å². The second-order valence-electron chi connectivity index (χ2n) is 2.95. The standard InChI is InChI=1S/C8H13NO3/c1-7(10)6-12-8(11)9-4-2-3-5-9/h2-6H2,1H3. The molecule has 0 spiro atoms. The van der Waals surface area contributed by atoms with Crippen molar-refractivity contribution in [3.05, 3.63) is 0 Å². The third-order valence-corrected chi connectivity index (χ3v) is 1.76. The predicted octanol–water partition coefficient (Wildman–Crippen LogP) is 0.808. The minimum Gasteiger partial charge on any atom is -0.441 e. The van der Waals surface area contributed by atoms with Crippen LogP contribution >= 0.6 is 0 Å². The van der Waals surface area contributed by atoms with Crippen molar-refractivity contribution in [2.24, 2.45) is 0 Å². The number of hydrogen-bond donors (Lipinski definition) is 0. The van der Waals surface area contributed by atoms with Gasteiger partial charge >= 0.3 is 6.09 Å². The second kappa shape index (κ2) is 4.09. The molecule has 1 amide bonds. The maximum atomic E-state index is 11.1. The average molecular weight is 171 g/mol. The van der Waals surface area contributed by atoms with Gasteiger partial charge in [-0.25, -0.2) is 4.79 Å². The Bertz CT molecular complexity index is 185. The fourth-order valence-corrected chi connectivity index (χ4v) is 1.15. The van der Waals surface area contributed by atoms with Crippen molar-refractivity contribution < 1.29 is 14.3 Å². The number of hydrogen-bond acceptors (Lipinski definition) is 3. The summed E-state index contributed by atoms with van der Waals surface area (Å²) in [5.74, 6) is -0.123. The van der Waals surface area contributed by atoms with Gasteiger partial charge in [0.05, 0.1) is 0 Å². The van der Waals surface area contributed by atoms with Gasteiger partial charge in [-0.2, -0.15) is 0 Å². The summed E-state index contributed by atoms with van der Waals surface area (Å²) < 4.78 is 4.72. The van der Waals surface area contributed by atoms with E-state index in [-0.39, 0.29) is 18.5 Å². The van der Waals surface area contributed by atoms with E-state index in [9.17, 15) is 9.59 Å². The molecule has 4 nitrogen and oxygen atoms in total. The molecule has 0 unspecified atom stereocenters. The van der Waals surface area contributed by atoms with Gasteiger partial charge in [0.25, 0.3) is 0 Å². The predicted molar refractivity (Wildman–Crippen MR) is 42.8 cm³/mol. The molecule has 4 heteroatoms. The Labute approximate surface area is 71.5 Å². The number of carbonyl (C=O) groups is 2. The zero-order chi connectivity index (χ0) is 8.97. The van der Waals surface area contributed by atoms with Gasteiger partial charge in [-0.05, 0) is 19.8 Å². The Morgan fingerprint density at radius 1 is 1.33 bits per heavy atom. The number of carbonyl (C=O) groups excluding carboxylic acids is 2. The highest BCUT2D eigenvalue weighted by Crippen LogP contribution is 2.08. The molecule has 0 radical (unpaired) electrons. The van der Waals surface area contributed by atoms with E-state index < -0.39 is 0 Å². The van der Waals surface area contributed by atoms with Gasteiger partial charge in [-0.15, -0.1) is 0 Å². The van der Waals surface area contributed by atoms with Crippen molar-refractivity contribution in [3.63, 3.8) is 0 Å². The van der Waals surface area contributed by atoms with Crippen LogP contribution in [0.3, 0.4) is 0 Å². The van der Waals surface area contributed by atoms with Gasteiger partial charge in [0, 0.05) is 13.1 Å². The molecule has 68 valence electrons. The van der Waals surface area contributed by atoms with Gasteiger partial charge < -0.3 is 9.64 Å². The van der Waals surface area contributed by atoms with Gasteiger partial charge in [0.1, 0.15) is 0 Å². The first-order valence-electron chi connectivity index (χ1n) is 4.11. The van der Waals surface area contributed by atoms with Crippen molar-refractivity contribution in [1.29, 1.82) is 0 Å². The lowest BCUT2D eigenvalue weighted by Crippen LogP contribution is -2.29. The Kier molecular flexibility index (Phi) is 3.08. The first-order chi connectivity index (χ1) is 5.70. The van der Waals surface area contributed by atoms with Crippen LogP contribution in [0.4, 0.5) is 4.79 Å². The van der Waals surface area contributed by atoms with E-state index in [1.165, 1.54) is 6.92 Å². The summed E-state index contributed by atoms with van der Waals surface area (Å²) in [7, 11) is 0. The summed E-state index contributed by atoms with van der Waals surface area (Å²) >= 11 is 0. The fraction of sp³-hybridized carbons (Fsp3) is 0.750. The molecule has 0 aliphatic carbocycles. The molecule has 0 aromatic heterocycles. The minimum atomic E-state index is -0.359. The topological polar surface area (TPSA) is 46.6 Å². The molecule has 1 aliphatic heterocycles. The molecule has 0 N–H and O–H groups in total. The van der Waals surface area contributed by atoms with E-state index in [2.05, 4.69) is 0 Å². The molecule has 1 saturated heterocycles. The molecule has 0 bridgehead atoms. The summed E-state index contributed by atoms with van der Waals surface area (Å²) in [5.41, 5.74) is 0. The Balaban J connectivity index is 2.23. The SMILES string of the molecule is CC(=O)COC(=O)N1CCCC1. The third kappa shape index (κ3) is 2.53. The number of ether oxygens (including phenoxy) is 1. The van der Waals surface area contributed by atoms with Crippen LogP contribution < -0.4 is 0 Å². The van der Waals surface area contributed by atoms with E-state index in [1.807, 2.05) is 0 Å². The number of ketones is 1. The Hall–Kier alpha value is -1.06. The zero-order valence-corrected chi connectivity index (χ0v) is 7.21. The van der Waals surface area contributed by atoms with Crippen molar-refractivity contribution in [2.45, 2.75) is 19.8 Å². The molecule has 0 aromatic rings. The summed E-state index contributed by atoms with van der Waals surface area (Å²) in [6.07, 6.45) is 1.72. The van der Waals surface area contributed by atoms with E-state index in [4.69, 9.17) is 4.74 Å². The highest BCUT2D eigenvalue weighted by atomic mass is 16.6. The van der Waals surface area contributed by atoms with Crippen LogP contribution in [0, 0.1) is 0 Å². The zero-order valence-electron chi connectivity index (χ0n) is 7.21. The third-order valence-electron chi connectivity index (χ3n) is 1.76. The van der Waals surface area contributed by atoms with Crippen LogP contribution in [0.2, 0.25) is 0 Å². The Morgan fingerprint density at radius 2 is 1.92 bits per heavy atom. The van der Waals surface area contributed by atoms with E-state index in [0.717, 1.165) is 25.9 Å². The monoisotopic (exact) mass is 171 g/mol. The van der Waals surface area contributed by atoms with Crippen molar-refractivity contribution in [1.82, 2.24) is 4.90 Å². The van der Waals surface area contributed by atoms with Crippen LogP contribution in [0.5, 0.6) is 0 Å². The first kappa shape index (κ1) is 9.03. The van der Waals surface area contributed by atoms with E-state index in [0.29, 0.717) is 0 Å². The second-order valence-corrected chi connectivity index (χ2v) is 2.95. The molecule has 0 atom stereocenters. The lowest BCUT2D eigenvalue weighted by Gasteiger charge is -2.13. The van der Waals surface area contributed by atoms with Crippen molar-refractivity contribution in [3.8, 4) is 0 Å². The smallest absolute Gasteiger partial charge is 0.410 e. The lowest BCUT2D eigenvalue weighted by atomic mass is 10.4. The number of likely N-dealkylation sites (tertiary alicyclic amines) is 1. The summed E-state index contributed by atoms with van der Waals surface area (Å²) in [6, 6.07) is 0. The van der Waals surface area contributed by atoms with Crippen LogP contribution in [0.25, 0.3) is 0 Å². The van der Waals surface area contributed by atoms with Gasteiger partial charge in [0.2, 0.25) is 0 Å². The average Bonchev–Trinajstić information content (AvgIpc) is 2.51. The van der Waals surface area contributed by atoms with Crippen LogP contribution in [0.1, 0.15) is 19.8 Å². The van der Waals surface area contributed by atoms with Gasteiger partial charge in [-0.1, -0.05) is 0 Å². The molecule has 0 aromatic carbocycles. The van der Waals surface area contributed by atoms with Crippen LogP contribution in [-0.2, 0) is 9.53 Å². The molecule has 12 heavy (non-hydrogen) atoms. The molecule has 1 heterocycles. The van der Waals surface area contributed by atoms with Crippen LogP contribution in [-0.4, -0.2) is 36.5 Å². The maximum Gasteiger partial charge on any atom is 0.410 e. The largest absolute Gasteiger partial charge is 0.441 e. The normalized spacial score (nSPS) is 16.2. The van der Waals surface area contributed by atoms with E-state index >= 15 is 0 Å². The van der Waals surface area contributed by atoms with Gasteiger partial charge in [-0.3, -0.25) is 4.79 Å². The number of rotatable bonds is 2. The highest BCUT2D eigenvalue weighted by Gasteiger charge is 2.18. The number of nitrogens with zero attached hydrogens (tertiary/aromatic N) is 1. The Morgan fingerprint density at radius 3 is 2.42 bits per heavy atom. The summed E-state index contributed by atoms with van der Waals surface area (Å²) in [6.45, 7) is 2.82. The quantitative estimate of drug-likeness (QED) is 0.617. The minimum absolute atomic E-state index is 0.102. The fourth-order valence-electron chi connectivity index (χ4n) is 1.15. The first-order valence-corrected chi connectivity index (χ1v) is 4.11. The molecule has 1 fully saturated rings. The highest BCUT2D eigenvalue weighted by molar-refractivity contribution is 5.79. The summed E-state index contributed by atoms with van der Waals surface area (Å²) in [4.78, 5) is 23.2.